The van der Waals surface area contributed by atoms with Gasteiger partial charge in [0.2, 0.25) is 5.91 Å². The van der Waals surface area contributed by atoms with Crippen molar-refractivity contribution in [2.24, 2.45) is 0 Å². The molecule has 19 heavy (non-hydrogen) atoms. The standard InChI is InChI=1S/C10H13N3O5S/c1-6(14)12-7-3-4-9(8(5-7)10(15)16)13-19(17,18)11-2/h3-5,11,13H,1-2H3,(H,12,14)(H,15,16). The first kappa shape index (κ1) is 14.9. The number of anilines is 2. The lowest BCUT2D eigenvalue weighted by Gasteiger charge is -2.11. The van der Waals surface area contributed by atoms with Crippen LogP contribution in [0.15, 0.2) is 18.2 Å². The summed E-state index contributed by atoms with van der Waals surface area (Å²) in [7, 11) is -2.63. The highest BCUT2D eigenvalue weighted by molar-refractivity contribution is 7.90. The second-order valence-electron chi connectivity index (χ2n) is 3.56. The van der Waals surface area contributed by atoms with Crippen LogP contribution < -0.4 is 14.8 Å². The Morgan fingerprint density at radius 2 is 1.89 bits per heavy atom. The van der Waals surface area contributed by atoms with Crippen LogP contribution in [0.2, 0.25) is 0 Å². The highest BCUT2D eigenvalue weighted by atomic mass is 32.2. The van der Waals surface area contributed by atoms with Crippen LogP contribution in [0.25, 0.3) is 0 Å². The normalized spacial score (nSPS) is 10.8. The van der Waals surface area contributed by atoms with Gasteiger partial charge in [-0.3, -0.25) is 9.52 Å². The molecule has 4 N–H and O–H groups in total. The molecule has 0 spiro atoms. The summed E-state index contributed by atoms with van der Waals surface area (Å²) in [5, 5.41) is 11.4. The van der Waals surface area contributed by atoms with Crippen molar-refractivity contribution in [3.05, 3.63) is 23.8 Å². The van der Waals surface area contributed by atoms with Gasteiger partial charge in [0, 0.05) is 19.7 Å². The minimum atomic E-state index is -3.82. The Morgan fingerprint density at radius 1 is 1.26 bits per heavy atom. The Labute approximate surface area is 110 Å². The molecule has 0 saturated heterocycles. The number of hydrogen-bond donors (Lipinski definition) is 4. The molecule has 104 valence electrons. The number of hydrogen-bond acceptors (Lipinski definition) is 4. The Kier molecular flexibility index (Phi) is 4.46. The van der Waals surface area contributed by atoms with Gasteiger partial charge in [0.25, 0.3) is 10.2 Å². The van der Waals surface area contributed by atoms with Gasteiger partial charge in [0.05, 0.1) is 11.3 Å². The van der Waals surface area contributed by atoms with E-state index in [1.807, 2.05) is 4.72 Å². The van der Waals surface area contributed by atoms with Crippen molar-refractivity contribution >= 4 is 33.5 Å². The maximum Gasteiger partial charge on any atom is 0.337 e. The minimum Gasteiger partial charge on any atom is -0.478 e. The average Bonchev–Trinajstić information content (AvgIpc) is 2.30. The van der Waals surface area contributed by atoms with E-state index in [4.69, 9.17) is 5.11 Å². The maximum atomic E-state index is 11.3. The van der Waals surface area contributed by atoms with Gasteiger partial charge < -0.3 is 10.4 Å². The molecule has 0 radical (unpaired) electrons. The molecule has 0 aromatic heterocycles. The van der Waals surface area contributed by atoms with Gasteiger partial charge in [-0.2, -0.15) is 8.42 Å². The van der Waals surface area contributed by atoms with E-state index in [0.717, 1.165) is 6.07 Å². The summed E-state index contributed by atoms with van der Waals surface area (Å²) < 4.78 is 26.7. The molecule has 9 heteroatoms. The van der Waals surface area contributed by atoms with Crippen LogP contribution in [0.5, 0.6) is 0 Å². The monoisotopic (exact) mass is 287 g/mol. The van der Waals surface area contributed by atoms with Crippen molar-refractivity contribution in [3.8, 4) is 0 Å². The summed E-state index contributed by atoms with van der Waals surface area (Å²) in [6.45, 7) is 1.28. The van der Waals surface area contributed by atoms with E-state index < -0.39 is 16.2 Å². The van der Waals surface area contributed by atoms with E-state index in [1.165, 1.54) is 26.1 Å². The van der Waals surface area contributed by atoms with E-state index in [0.29, 0.717) is 0 Å². The number of carboxylic acids is 1. The van der Waals surface area contributed by atoms with Crippen LogP contribution in [-0.2, 0) is 15.0 Å². The van der Waals surface area contributed by atoms with Crippen LogP contribution in [0.3, 0.4) is 0 Å². The number of rotatable bonds is 5. The molecule has 0 atom stereocenters. The summed E-state index contributed by atoms with van der Waals surface area (Å²) >= 11 is 0. The SMILES string of the molecule is CNS(=O)(=O)Nc1ccc(NC(C)=O)cc1C(=O)O. The molecule has 1 aromatic carbocycles. The lowest BCUT2D eigenvalue weighted by molar-refractivity contribution is -0.114. The number of carbonyl (C=O) groups is 2. The lowest BCUT2D eigenvalue weighted by Crippen LogP contribution is -2.27. The molecule has 0 fully saturated rings. The highest BCUT2D eigenvalue weighted by Gasteiger charge is 2.15. The number of amides is 1. The van der Waals surface area contributed by atoms with Gasteiger partial charge in [-0.1, -0.05) is 0 Å². The van der Waals surface area contributed by atoms with Crippen LogP contribution >= 0.6 is 0 Å². The molecule has 0 aliphatic carbocycles. The predicted octanol–water partition coefficient (Wildman–Crippen LogP) is 0.219. The largest absolute Gasteiger partial charge is 0.478 e. The fourth-order valence-corrected chi connectivity index (χ4v) is 1.86. The molecule has 0 unspecified atom stereocenters. The molecule has 0 bridgehead atoms. The van der Waals surface area contributed by atoms with E-state index >= 15 is 0 Å². The Bertz CT molecular complexity index is 612. The number of nitrogens with one attached hydrogen (secondary N) is 3. The number of aromatic carboxylic acids is 1. The molecule has 0 aliphatic heterocycles. The van der Waals surface area contributed by atoms with E-state index in [1.54, 1.807) is 0 Å². The van der Waals surface area contributed by atoms with Crippen molar-refractivity contribution < 1.29 is 23.1 Å². The second kappa shape index (κ2) is 5.67. The van der Waals surface area contributed by atoms with Gasteiger partial charge in [-0.05, 0) is 18.2 Å². The predicted molar refractivity (Wildman–Crippen MR) is 69.3 cm³/mol. The van der Waals surface area contributed by atoms with Crippen molar-refractivity contribution in [2.75, 3.05) is 17.1 Å². The van der Waals surface area contributed by atoms with Crippen LogP contribution in [0, 0.1) is 0 Å². The van der Waals surface area contributed by atoms with Gasteiger partial charge in [0.1, 0.15) is 0 Å². The third-order valence-corrected chi connectivity index (χ3v) is 3.11. The zero-order chi connectivity index (χ0) is 14.6. The molecule has 8 nitrogen and oxygen atoms in total. The Balaban J connectivity index is 3.19. The second-order valence-corrected chi connectivity index (χ2v) is 5.18. The van der Waals surface area contributed by atoms with E-state index in [9.17, 15) is 18.0 Å². The number of carbonyl (C=O) groups excluding carboxylic acids is 1. The molecular formula is C10H13N3O5S. The highest BCUT2D eigenvalue weighted by Crippen LogP contribution is 2.21. The van der Waals surface area contributed by atoms with Gasteiger partial charge in [0.15, 0.2) is 0 Å². The Morgan fingerprint density at radius 3 is 2.37 bits per heavy atom. The van der Waals surface area contributed by atoms with Gasteiger partial charge in [-0.15, -0.1) is 0 Å². The zero-order valence-electron chi connectivity index (χ0n) is 10.2. The summed E-state index contributed by atoms with van der Waals surface area (Å²) in [5.74, 6) is -1.68. The van der Waals surface area contributed by atoms with Crippen molar-refractivity contribution in [1.29, 1.82) is 0 Å². The fraction of sp³-hybridized carbons (Fsp3) is 0.200. The summed E-state index contributed by atoms with van der Waals surface area (Å²) in [6, 6.07) is 3.81. The first-order chi connectivity index (χ1) is 8.75. The Hall–Kier alpha value is -2.13. The van der Waals surface area contributed by atoms with E-state index in [-0.39, 0.29) is 22.8 Å². The maximum absolute atomic E-state index is 11.3. The zero-order valence-corrected chi connectivity index (χ0v) is 11.0. The first-order valence-electron chi connectivity index (χ1n) is 5.11. The minimum absolute atomic E-state index is 0.101. The topological polar surface area (TPSA) is 125 Å². The quantitative estimate of drug-likeness (QED) is 0.616. The van der Waals surface area contributed by atoms with Crippen molar-refractivity contribution in [3.63, 3.8) is 0 Å². The molecule has 0 saturated carbocycles. The van der Waals surface area contributed by atoms with Gasteiger partial charge >= 0.3 is 5.97 Å². The summed E-state index contributed by atoms with van der Waals surface area (Å²) in [4.78, 5) is 21.9. The average molecular weight is 287 g/mol. The summed E-state index contributed by atoms with van der Waals surface area (Å²) in [6.07, 6.45) is 0. The van der Waals surface area contributed by atoms with Crippen LogP contribution in [-0.4, -0.2) is 32.4 Å². The molecule has 1 aromatic rings. The third kappa shape index (κ3) is 4.23. The molecule has 0 aliphatic rings. The first-order valence-corrected chi connectivity index (χ1v) is 6.59. The molecule has 0 heterocycles. The van der Waals surface area contributed by atoms with E-state index in [2.05, 4.69) is 10.0 Å². The van der Waals surface area contributed by atoms with Crippen LogP contribution in [0.1, 0.15) is 17.3 Å². The summed E-state index contributed by atoms with van der Waals surface area (Å²) in [5.41, 5.74) is -0.113. The number of carboxylic acid groups (broad SMARTS) is 1. The fourth-order valence-electron chi connectivity index (χ4n) is 1.29. The van der Waals surface area contributed by atoms with Crippen LogP contribution in [0.4, 0.5) is 11.4 Å². The number of benzene rings is 1. The smallest absolute Gasteiger partial charge is 0.337 e. The van der Waals surface area contributed by atoms with Gasteiger partial charge in [-0.25, -0.2) is 9.52 Å². The lowest BCUT2D eigenvalue weighted by atomic mass is 10.1. The van der Waals surface area contributed by atoms with Crippen molar-refractivity contribution in [1.82, 2.24) is 4.72 Å². The third-order valence-electron chi connectivity index (χ3n) is 2.08. The molecular weight excluding hydrogens is 274 g/mol. The molecule has 1 rings (SSSR count). The van der Waals surface area contributed by atoms with Crippen molar-refractivity contribution in [2.45, 2.75) is 6.92 Å². The molecule has 1 amide bonds.